The first-order valence-electron chi connectivity index (χ1n) is 9.00. The van der Waals surface area contributed by atoms with Gasteiger partial charge in [0.05, 0.1) is 12.7 Å². The van der Waals surface area contributed by atoms with E-state index in [2.05, 4.69) is 6.07 Å². The van der Waals surface area contributed by atoms with Gasteiger partial charge in [0.2, 0.25) is 0 Å². The van der Waals surface area contributed by atoms with E-state index >= 15 is 0 Å². The molecular weight excluding hydrogens is 314 g/mol. The Morgan fingerprint density at radius 1 is 1.08 bits per heavy atom. The molecule has 4 heteroatoms. The van der Waals surface area contributed by atoms with Gasteiger partial charge in [0.15, 0.2) is 0 Å². The Labute approximate surface area is 148 Å². The molecule has 0 aliphatic carbocycles. The van der Waals surface area contributed by atoms with Crippen LogP contribution in [-0.4, -0.2) is 31.8 Å². The first kappa shape index (κ1) is 16.3. The van der Waals surface area contributed by atoms with Crippen molar-refractivity contribution in [2.24, 2.45) is 0 Å². The van der Waals surface area contributed by atoms with Crippen molar-refractivity contribution < 1.29 is 14.3 Å². The van der Waals surface area contributed by atoms with Gasteiger partial charge in [-0.05, 0) is 42.5 Å². The van der Waals surface area contributed by atoms with Gasteiger partial charge in [-0.3, -0.25) is 4.79 Å². The minimum atomic E-state index is 0.0659. The smallest absolute Gasteiger partial charge is 0.258 e. The Hall–Kier alpha value is -2.17. The molecule has 1 saturated heterocycles. The van der Waals surface area contributed by atoms with Gasteiger partial charge in [0.25, 0.3) is 5.91 Å². The van der Waals surface area contributed by atoms with Crippen LogP contribution in [0.3, 0.4) is 0 Å². The second kappa shape index (κ2) is 7.38. The van der Waals surface area contributed by atoms with Gasteiger partial charge in [-0.1, -0.05) is 36.4 Å². The molecule has 0 bridgehead atoms. The first-order chi connectivity index (χ1) is 12.3. The van der Waals surface area contributed by atoms with Gasteiger partial charge in [-0.25, -0.2) is 0 Å². The Morgan fingerprint density at radius 3 is 2.72 bits per heavy atom. The van der Waals surface area contributed by atoms with Crippen molar-refractivity contribution in [1.82, 2.24) is 0 Å². The van der Waals surface area contributed by atoms with Crippen molar-refractivity contribution in [2.45, 2.75) is 32.0 Å². The monoisotopic (exact) mass is 337 g/mol. The summed E-state index contributed by atoms with van der Waals surface area (Å²) in [7, 11) is 0. The molecule has 0 spiro atoms. The Balaban J connectivity index is 1.51. The van der Waals surface area contributed by atoms with Crippen LogP contribution in [0.4, 0.5) is 5.69 Å². The van der Waals surface area contributed by atoms with Gasteiger partial charge in [-0.15, -0.1) is 0 Å². The third-order valence-electron chi connectivity index (χ3n) is 5.02. The summed E-state index contributed by atoms with van der Waals surface area (Å²) >= 11 is 0. The molecule has 0 atom stereocenters. The molecule has 1 fully saturated rings. The fourth-order valence-electron chi connectivity index (χ4n) is 3.60. The standard InChI is InChI=1S/C21H23NO3/c23-21(22-12-9-16-5-2-4-8-20(16)22)19-7-3-1-6-17(19)15-25-18-10-13-24-14-11-18/h1-8,18H,9-15H2. The van der Waals surface area contributed by atoms with E-state index in [0.29, 0.717) is 6.61 Å². The number of anilines is 1. The Bertz CT molecular complexity index is 752. The van der Waals surface area contributed by atoms with Crippen molar-refractivity contribution in [3.63, 3.8) is 0 Å². The van der Waals surface area contributed by atoms with Crippen LogP contribution >= 0.6 is 0 Å². The fourth-order valence-corrected chi connectivity index (χ4v) is 3.60. The highest BCUT2D eigenvalue weighted by atomic mass is 16.5. The second-order valence-corrected chi connectivity index (χ2v) is 6.62. The van der Waals surface area contributed by atoms with Gasteiger partial charge < -0.3 is 14.4 Å². The number of ether oxygens (including phenoxy) is 2. The van der Waals surface area contributed by atoms with Crippen LogP contribution in [-0.2, 0) is 22.5 Å². The zero-order valence-corrected chi connectivity index (χ0v) is 14.3. The molecule has 0 unspecified atom stereocenters. The lowest BCUT2D eigenvalue weighted by Gasteiger charge is -2.23. The van der Waals surface area contributed by atoms with E-state index in [1.807, 2.05) is 47.4 Å². The number of benzene rings is 2. The maximum absolute atomic E-state index is 13.1. The summed E-state index contributed by atoms with van der Waals surface area (Å²) in [4.78, 5) is 15.0. The summed E-state index contributed by atoms with van der Waals surface area (Å²) in [5.74, 6) is 0.0659. The number of para-hydroxylation sites is 1. The maximum Gasteiger partial charge on any atom is 0.258 e. The van der Waals surface area contributed by atoms with Crippen LogP contribution in [0, 0.1) is 0 Å². The lowest BCUT2D eigenvalue weighted by atomic mass is 10.1. The summed E-state index contributed by atoms with van der Waals surface area (Å²) in [5, 5.41) is 0. The summed E-state index contributed by atoms with van der Waals surface area (Å²) in [6, 6.07) is 15.9. The lowest BCUT2D eigenvalue weighted by molar-refractivity contribution is -0.0391. The van der Waals surface area contributed by atoms with Crippen molar-refractivity contribution in [1.29, 1.82) is 0 Å². The van der Waals surface area contributed by atoms with E-state index in [1.165, 1.54) is 5.56 Å². The van der Waals surface area contributed by atoms with Gasteiger partial charge in [0, 0.05) is 31.0 Å². The van der Waals surface area contributed by atoms with Crippen LogP contribution in [0.2, 0.25) is 0 Å². The maximum atomic E-state index is 13.1. The van der Waals surface area contributed by atoms with Crippen LogP contribution in [0.25, 0.3) is 0 Å². The topological polar surface area (TPSA) is 38.8 Å². The average molecular weight is 337 g/mol. The Morgan fingerprint density at radius 2 is 1.84 bits per heavy atom. The van der Waals surface area contributed by atoms with Crippen molar-refractivity contribution in [3.8, 4) is 0 Å². The zero-order valence-electron chi connectivity index (χ0n) is 14.3. The summed E-state index contributed by atoms with van der Waals surface area (Å²) < 4.78 is 11.4. The minimum absolute atomic E-state index is 0.0659. The highest BCUT2D eigenvalue weighted by Crippen LogP contribution is 2.29. The summed E-state index contributed by atoms with van der Waals surface area (Å²) in [6.07, 6.45) is 3.00. The molecular formula is C21H23NO3. The largest absolute Gasteiger partial charge is 0.381 e. The first-order valence-corrected chi connectivity index (χ1v) is 9.00. The minimum Gasteiger partial charge on any atom is -0.381 e. The summed E-state index contributed by atoms with van der Waals surface area (Å²) in [5.41, 5.74) is 3.98. The molecule has 2 heterocycles. The number of nitrogens with zero attached hydrogens (tertiary/aromatic N) is 1. The third-order valence-corrected chi connectivity index (χ3v) is 5.02. The van der Waals surface area contributed by atoms with Crippen molar-refractivity contribution >= 4 is 11.6 Å². The number of amides is 1. The molecule has 4 rings (SSSR count). The van der Waals surface area contributed by atoms with E-state index in [0.717, 1.165) is 55.8 Å². The highest BCUT2D eigenvalue weighted by molar-refractivity contribution is 6.08. The number of hydrogen-bond acceptors (Lipinski definition) is 3. The normalized spacial score (nSPS) is 17.5. The highest BCUT2D eigenvalue weighted by Gasteiger charge is 2.26. The predicted molar refractivity (Wildman–Crippen MR) is 96.9 cm³/mol. The molecule has 25 heavy (non-hydrogen) atoms. The average Bonchev–Trinajstić information content (AvgIpc) is 3.11. The molecule has 130 valence electrons. The van der Waals surface area contributed by atoms with Crippen molar-refractivity contribution in [2.75, 3.05) is 24.7 Å². The SMILES string of the molecule is O=C(c1ccccc1COC1CCOCC1)N1CCc2ccccc21. The van der Waals surface area contributed by atoms with Crippen LogP contribution < -0.4 is 4.90 Å². The number of fused-ring (bicyclic) bond motifs is 1. The fraction of sp³-hybridized carbons (Fsp3) is 0.381. The van der Waals surface area contributed by atoms with E-state index in [9.17, 15) is 4.79 Å². The second-order valence-electron chi connectivity index (χ2n) is 6.62. The molecule has 2 aromatic rings. The number of hydrogen-bond donors (Lipinski definition) is 0. The Kier molecular flexibility index (Phi) is 4.81. The quantitative estimate of drug-likeness (QED) is 0.856. The van der Waals surface area contributed by atoms with E-state index in [1.54, 1.807) is 0 Å². The molecule has 2 aliphatic rings. The number of carbonyl (C=O) groups is 1. The molecule has 1 amide bonds. The number of rotatable bonds is 4. The van der Waals surface area contributed by atoms with E-state index in [4.69, 9.17) is 9.47 Å². The molecule has 2 aromatic carbocycles. The van der Waals surface area contributed by atoms with E-state index in [-0.39, 0.29) is 12.0 Å². The molecule has 0 saturated carbocycles. The van der Waals surface area contributed by atoms with Crippen LogP contribution in [0.1, 0.15) is 34.3 Å². The third kappa shape index (κ3) is 3.46. The predicted octanol–water partition coefficient (Wildman–Crippen LogP) is 3.59. The van der Waals surface area contributed by atoms with E-state index < -0.39 is 0 Å². The molecule has 0 N–H and O–H groups in total. The summed E-state index contributed by atoms with van der Waals surface area (Å²) in [6.45, 7) is 2.74. The van der Waals surface area contributed by atoms with Crippen LogP contribution in [0.5, 0.6) is 0 Å². The molecule has 2 aliphatic heterocycles. The molecule has 4 nitrogen and oxygen atoms in total. The van der Waals surface area contributed by atoms with Crippen LogP contribution in [0.15, 0.2) is 48.5 Å². The number of carbonyl (C=O) groups excluding carboxylic acids is 1. The van der Waals surface area contributed by atoms with Gasteiger partial charge >= 0.3 is 0 Å². The van der Waals surface area contributed by atoms with Gasteiger partial charge in [-0.2, -0.15) is 0 Å². The van der Waals surface area contributed by atoms with Crippen molar-refractivity contribution in [3.05, 3.63) is 65.2 Å². The van der Waals surface area contributed by atoms with Gasteiger partial charge in [0.1, 0.15) is 0 Å². The molecule has 0 aromatic heterocycles. The zero-order chi connectivity index (χ0) is 17.1. The molecule has 0 radical (unpaired) electrons. The lowest BCUT2D eigenvalue weighted by Crippen LogP contribution is -2.30.